The number of benzene rings is 2. The third-order valence-electron chi connectivity index (χ3n) is 4.12. The quantitative estimate of drug-likeness (QED) is 0.596. The zero-order valence-electron chi connectivity index (χ0n) is 12.3. The molecule has 1 aliphatic heterocycles. The van der Waals surface area contributed by atoms with Crippen molar-refractivity contribution in [2.75, 3.05) is 18.4 Å². The molecule has 0 atom stereocenters. The van der Waals surface area contributed by atoms with Crippen molar-refractivity contribution < 1.29 is 9.59 Å². The highest BCUT2D eigenvalue weighted by Crippen LogP contribution is 2.27. The molecule has 0 N–H and O–H groups in total. The van der Waals surface area contributed by atoms with Gasteiger partial charge in [-0.05, 0) is 24.3 Å². The summed E-state index contributed by atoms with van der Waals surface area (Å²) < 4.78 is 0. The van der Waals surface area contributed by atoms with Crippen molar-refractivity contribution in [1.29, 1.82) is 0 Å². The van der Waals surface area contributed by atoms with Crippen LogP contribution in [0.3, 0.4) is 0 Å². The van der Waals surface area contributed by atoms with Gasteiger partial charge >= 0.3 is 0 Å². The van der Waals surface area contributed by atoms with Crippen LogP contribution in [-0.2, 0) is 0 Å². The van der Waals surface area contributed by atoms with Crippen molar-refractivity contribution in [1.82, 2.24) is 4.90 Å². The number of hydrogen-bond donors (Lipinski definition) is 0. The van der Waals surface area contributed by atoms with Crippen molar-refractivity contribution in [2.24, 2.45) is 0 Å². The summed E-state index contributed by atoms with van der Waals surface area (Å²) >= 11 is 3.41. The van der Waals surface area contributed by atoms with E-state index < -0.39 is 0 Å². The molecule has 3 nitrogen and oxygen atoms in total. The van der Waals surface area contributed by atoms with Crippen LogP contribution in [-0.4, -0.2) is 35.0 Å². The molecule has 0 aliphatic carbocycles. The lowest BCUT2D eigenvalue weighted by Gasteiger charge is -2.20. The van der Waals surface area contributed by atoms with Crippen LogP contribution >= 0.6 is 15.9 Å². The molecule has 2 aromatic rings. The highest BCUT2D eigenvalue weighted by Gasteiger charge is 2.27. The molecule has 0 saturated heterocycles. The van der Waals surface area contributed by atoms with E-state index in [-0.39, 0.29) is 18.2 Å². The van der Waals surface area contributed by atoms with E-state index in [2.05, 4.69) is 15.9 Å². The van der Waals surface area contributed by atoms with Crippen molar-refractivity contribution in [2.45, 2.75) is 19.3 Å². The van der Waals surface area contributed by atoms with Gasteiger partial charge < -0.3 is 4.90 Å². The number of halogens is 1. The molecule has 0 saturated carbocycles. The highest BCUT2D eigenvalue weighted by atomic mass is 79.9. The fourth-order valence-electron chi connectivity index (χ4n) is 3.01. The number of hydrogen-bond acceptors (Lipinski definition) is 2. The van der Waals surface area contributed by atoms with E-state index in [9.17, 15) is 9.59 Å². The fraction of sp³-hybridized carbons (Fsp3) is 0.333. The van der Waals surface area contributed by atoms with Gasteiger partial charge in [-0.1, -0.05) is 52.7 Å². The van der Waals surface area contributed by atoms with Crippen molar-refractivity contribution >= 4 is 38.4 Å². The molecule has 1 heterocycles. The molecule has 0 unspecified atom stereocenters. The number of alkyl halides is 1. The number of ketones is 1. The largest absolute Gasteiger partial charge is 0.331 e. The SMILES string of the molecule is O=C1CN(CCCCCBr)C(=O)c2cccc3cccc1c23. The maximum Gasteiger partial charge on any atom is 0.254 e. The standard InChI is InChI=1S/C18H18BrNO2/c19-10-2-1-3-11-20-12-16(21)14-8-4-6-13-7-5-9-15(17(13)14)18(20)22/h4-9H,1-3,10-12H2. The molecule has 0 radical (unpaired) electrons. The minimum Gasteiger partial charge on any atom is -0.331 e. The monoisotopic (exact) mass is 359 g/mol. The number of unbranched alkanes of at least 4 members (excludes halogenated alkanes) is 2. The average Bonchev–Trinajstić information content (AvgIpc) is 2.64. The van der Waals surface area contributed by atoms with Gasteiger partial charge in [0.15, 0.2) is 5.78 Å². The summed E-state index contributed by atoms with van der Waals surface area (Å²) in [5.41, 5.74) is 1.32. The number of rotatable bonds is 5. The van der Waals surface area contributed by atoms with Gasteiger partial charge in [0.05, 0.1) is 6.54 Å². The lowest BCUT2D eigenvalue weighted by molar-refractivity contribution is 0.0714. The Labute approximate surface area is 138 Å². The van der Waals surface area contributed by atoms with Crippen LogP contribution in [0.1, 0.15) is 40.0 Å². The summed E-state index contributed by atoms with van der Waals surface area (Å²) in [6, 6.07) is 11.3. The summed E-state index contributed by atoms with van der Waals surface area (Å²) in [6.45, 7) is 0.822. The number of nitrogens with zero attached hydrogens (tertiary/aromatic N) is 1. The smallest absolute Gasteiger partial charge is 0.254 e. The molecular formula is C18H18BrNO2. The second-order valence-electron chi connectivity index (χ2n) is 5.61. The first-order valence-corrected chi connectivity index (χ1v) is 8.74. The average molecular weight is 360 g/mol. The number of carbonyl (C=O) groups excluding carboxylic acids is 2. The third kappa shape index (κ3) is 2.80. The summed E-state index contributed by atoms with van der Waals surface area (Å²) in [5, 5.41) is 2.74. The predicted molar refractivity (Wildman–Crippen MR) is 91.8 cm³/mol. The molecular weight excluding hydrogens is 342 g/mol. The molecule has 114 valence electrons. The van der Waals surface area contributed by atoms with Gasteiger partial charge in [0, 0.05) is 28.4 Å². The van der Waals surface area contributed by atoms with Crippen LogP contribution in [0.5, 0.6) is 0 Å². The van der Waals surface area contributed by atoms with E-state index in [0.717, 1.165) is 35.4 Å². The first-order valence-electron chi connectivity index (χ1n) is 7.62. The van der Waals surface area contributed by atoms with Gasteiger partial charge in [-0.2, -0.15) is 0 Å². The van der Waals surface area contributed by atoms with E-state index >= 15 is 0 Å². The fourth-order valence-corrected chi connectivity index (χ4v) is 3.40. The second kappa shape index (κ2) is 6.61. The lowest BCUT2D eigenvalue weighted by atomic mass is 9.98. The Bertz CT molecular complexity index is 721. The van der Waals surface area contributed by atoms with Gasteiger partial charge in [-0.15, -0.1) is 0 Å². The number of amides is 1. The van der Waals surface area contributed by atoms with Gasteiger partial charge in [-0.25, -0.2) is 0 Å². The molecule has 4 heteroatoms. The minimum atomic E-state index is -0.0252. The number of Topliss-reactive ketones (excluding diaryl/α,β-unsaturated/α-hetero) is 1. The lowest BCUT2D eigenvalue weighted by Crippen LogP contribution is -2.34. The Balaban J connectivity index is 1.95. The van der Waals surface area contributed by atoms with Gasteiger partial charge in [0.2, 0.25) is 0 Å². The van der Waals surface area contributed by atoms with E-state index in [1.807, 2.05) is 36.4 Å². The zero-order valence-corrected chi connectivity index (χ0v) is 13.9. The van der Waals surface area contributed by atoms with E-state index in [1.54, 1.807) is 4.90 Å². The molecule has 0 spiro atoms. The third-order valence-corrected chi connectivity index (χ3v) is 4.68. The van der Waals surface area contributed by atoms with Crippen LogP contribution in [0.25, 0.3) is 10.8 Å². The summed E-state index contributed by atoms with van der Waals surface area (Å²) in [4.78, 5) is 27.0. The Morgan fingerprint density at radius 1 is 0.955 bits per heavy atom. The molecule has 1 amide bonds. The molecule has 0 bridgehead atoms. The van der Waals surface area contributed by atoms with Gasteiger partial charge in [0.25, 0.3) is 5.91 Å². The minimum absolute atomic E-state index is 0.0252. The Kier molecular flexibility index (Phi) is 4.57. The van der Waals surface area contributed by atoms with Gasteiger partial charge in [0.1, 0.15) is 0 Å². The molecule has 0 aromatic heterocycles. The normalized spacial score (nSPS) is 14.5. The predicted octanol–water partition coefficient (Wildman–Crippen LogP) is 4.04. The van der Waals surface area contributed by atoms with Crippen molar-refractivity contribution in [3.63, 3.8) is 0 Å². The molecule has 1 aliphatic rings. The summed E-state index contributed by atoms with van der Waals surface area (Å²) in [7, 11) is 0. The first kappa shape index (κ1) is 15.2. The van der Waals surface area contributed by atoms with Crippen LogP contribution in [0.4, 0.5) is 0 Å². The topological polar surface area (TPSA) is 37.4 Å². The van der Waals surface area contributed by atoms with Crippen LogP contribution in [0, 0.1) is 0 Å². The van der Waals surface area contributed by atoms with Crippen molar-refractivity contribution in [3.8, 4) is 0 Å². The van der Waals surface area contributed by atoms with Crippen molar-refractivity contribution in [3.05, 3.63) is 47.5 Å². The Hall–Kier alpha value is -1.68. The molecule has 2 aromatic carbocycles. The Morgan fingerprint density at radius 2 is 1.68 bits per heavy atom. The molecule has 0 fully saturated rings. The summed E-state index contributed by atoms with van der Waals surface area (Å²) in [6.07, 6.45) is 3.07. The maximum absolute atomic E-state index is 12.8. The first-order chi connectivity index (χ1) is 10.7. The molecule has 3 rings (SSSR count). The number of carbonyl (C=O) groups is 2. The highest BCUT2D eigenvalue weighted by molar-refractivity contribution is 9.09. The van der Waals surface area contributed by atoms with Crippen LogP contribution in [0.15, 0.2) is 36.4 Å². The van der Waals surface area contributed by atoms with Gasteiger partial charge in [-0.3, -0.25) is 9.59 Å². The van der Waals surface area contributed by atoms with E-state index in [1.165, 1.54) is 0 Å². The van der Waals surface area contributed by atoms with Crippen LogP contribution in [0.2, 0.25) is 0 Å². The van der Waals surface area contributed by atoms with E-state index in [4.69, 9.17) is 0 Å². The maximum atomic E-state index is 12.8. The molecule has 22 heavy (non-hydrogen) atoms. The Morgan fingerprint density at radius 3 is 2.41 bits per heavy atom. The zero-order chi connectivity index (χ0) is 15.5. The van der Waals surface area contributed by atoms with Crippen LogP contribution < -0.4 is 0 Å². The second-order valence-corrected chi connectivity index (χ2v) is 6.40. The van der Waals surface area contributed by atoms with E-state index in [0.29, 0.717) is 17.7 Å². The summed E-state index contributed by atoms with van der Waals surface area (Å²) in [5.74, 6) is 0.00661.